The largest absolute Gasteiger partial charge is 0.480 e. The first kappa shape index (κ1) is 13.1. The Morgan fingerprint density at radius 3 is 2.35 bits per heavy atom. The normalized spacial score (nSPS) is 48.2. The molecule has 0 radical (unpaired) electrons. The quantitative estimate of drug-likeness (QED) is 0.842. The second kappa shape index (κ2) is 5.01. The predicted molar refractivity (Wildman–Crippen MR) is 77.5 cm³/mol. The zero-order valence-electron chi connectivity index (χ0n) is 12.3. The van der Waals surface area contributed by atoms with E-state index in [0.717, 1.165) is 30.6 Å². The van der Waals surface area contributed by atoms with E-state index in [-0.39, 0.29) is 6.04 Å². The van der Waals surface area contributed by atoms with Crippen molar-refractivity contribution in [3.05, 3.63) is 0 Å². The fourth-order valence-electron chi connectivity index (χ4n) is 5.97. The van der Waals surface area contributed by atoms with Gasteiger partial charge in [0.05, 0.1) is 0 Å². The van der Waals surface area contributed by atoms with Crippen LogP contribution in [0.2, 0.25) is 0 Å². The summed E-state index contributed by atoms with van der Waals surface area (Å²) in [5, 5.41) is 9.69. The molecule has 1 N–H and O–H groups in total. The van der Waals surface area contributed by atoms with Gasteiger partial charge < -0.3 is 5.11 Å². The summed E-state index contributed by atoms with van der Waals surface area (Å²) < 4.78 is 0. The van der Waals surface area contributed by atoms with Crippen LogP contribution >= 0.6 is 0 Å². The Kier molecular flexibility index (Phi) is 3.29. The van der Waals surface area contributed by atoms with E-state index in [1.807, 2.05) is 0 Å². The summed E-state index contributed by atoms with van der Waals surface area (Å²) >= 11 is 0. The molecule has 3 nitrogen and oxygen atoms in total. The Hall–Kier alpha value is -0.570. The molecule has 2 bridgehead atoms. The maximum Gasteiger partial charge on any atom is 0.320 e. The molecule has 6 atom stereocenters. The molecule has 1 aliphatic heterocycles. The van der Waals surface area contributed by atoms with Crippen LogP contribution in [0.5, 0.6) is 0 Å². The van der Waals surface area contributed by atoms with Crippen molar-refractivity contribution in [3.63, 3.8) is 0 Å². The Morgan fingerprint density at radius 2 is 1.65 bits per heavy atom. The molecule has 4 rings (SSSR count). The monoisotopic (exact) mass is 277 g/mol. The lowest BCUT2D eigenvalue weighted by atomic mass is 9.74. The van der Waals surface area contributed by atoms with Gasteiger partial charge in [0.2, 0.25) is 0 Å². The number of piperidine rings is 1. The highest BCUT2D eigenvalue weighted by molar-refractivity contribution is 5.73. The van der Waals surface area contributed by atoms with Gasteiger partial charge in [0, 0.05) is 12.1 Å². The number of hydrogen-bond donors (Lipinski definition) is 1. The number of rotatable bonds is 2. The van der Waals surface area contributed by atoms with Crippen LogP contribution in [0, 0.1) is 17.8 Å². The van der Waals surface area contributed by atoms with Crippen LogP contribution in [0.15, 0.2) is 0 Å². The highest BCUT2D eigenvalue weighted by Gasteiger charge is 2.50. The summed E-state index contributed by atoms with van der Waals surface area (Å²) in [5.74, 6) is 1.95. The third-order valence-corrected chi connectivity index (χ3v) is 6.79. The SMILES string of the molecule is O=C(O)C1CCC2CCCCC2N1C1CC2CCC1C2. The van der Waals surface area contributed by atoms with E-state index in [1.54, 1.807) is 0 Å². The third kappa shape index (κ3) is 2.01. The van der Waals surface area contributed by atoms with E-state index in [2.05, 4.69) is 4.90 Å². The van der Waals surface area contributed by atoms with Gasteiger partial charge >= 0.3 is 5.97 Å². The molecule has 0 aromatic rings. The molecule has 3 aliphatic carbocycles. The number of carbonyl (C=O) groups is 1. The maximum absolute atomic E-state index is 11.8. The summed E-state index contributed by atoms with van der Waals surface area (Å²) in [7, 11) is 0. The van der Waals surface area contributed by atoms with Crippen LogP contribution in [0.25, 0.3) is 0 Å². The zero-order chi connectivity index (χ0) is 13.7. The Bertz CT molecular complexity index is 394. The third-order valence-electron chi connectivity index (χ3n) is 6.79. The summed E-state index contributed by atoms with van der Waals surface area (Å²) in [4.78, 5) is 14.3. The van der Waals surface area contributed by atoms with Crippen molar-refractivity contribution in [1.29, 1.82) is 0 Å². The first-order valence-electron chi connectivity index (χ1n) is 8.74. The lowest BCUT2D eigenvalue weighted by molar-refractivity contribution is -0.151. The summed E-state index contributed by atoms with van der Waals surface area (Å²) in [6.45, 7) is 0. The predicted octanol–water partition coefficient (Wildman–Crippen LogP) is 3.28. The van der Waals surface area contributed by atoms with Crippen LogP contribution in [0.4, 0.5) is 0 Å². The fraction of sp³-hybridized carbons (Fsp3) is 0.941. The van der Waals surface area contributed by atoms with Gasteiger partial charge in [-0.1, -0.05) is 19.3 Å². The van der Waals surface area contributed by atoms with Gasteiger partial charge in [-0.2, -0.15) is 0 Å². The van der Waals surface area contributed by atoms with E-state index < -0.39 is 5.97 Å². The Balaban J connectivity index is 1.61. The van der Waals surface area contributed by atoms with Crippen molar-refractivity contribution in [1.82, 2.24) is 4.90 Å². The van der Waals surface area contributed by atoms with Gasteiger partial charge in [-0.3, -0.25) is 9.69 Å². The van der Waals surface area contributed by atoms with Crippen molar-refractivity contribution in [2.75, 3.05) is 0 Å². The van der Waals surface area contributed by atoms with Gasteiger partial charge in [-0.15, -0.1) is 0 Å². The van der Waals surface area contributed by atoms with Crippen molar-refractivity contribution in [2.45, 2.75) is 82.3 Å². The molecule has 1 heterocycles. The van der Waals surface area contributed by atoms with Crippen LogP contribution in [0.3, 0.4) is 0 Å². The molecule has 4 aliphatic rings. The average Bonchev–Trinajstić information content (AvgIpc) is 3.08. The molecule has 4 fully saturated rings. The molecule has 3 heteroatoms. The molecule has 0 aromatic heterocycles. The molecule has 3 saturated carbocycles. The minimum absolute atomic E-state index is 0.182. The van der Waals surface area contributed by atoms with Gasteiger partial charge in [0.25, 0.3) is 0 Å². The van der Waals surface area contributed by atoms with E-state index in [4.69, 9.17) is 0 Å². The first-order chi connectivity index (χ1) is 9.74. The Morgan fingerprint density at radius 1 is 0.850 bits per heavy atom. The van der Waals surface area contributed by atoms with E-state index in [0.29, 0.717) is 12.1 Å². The van der Waals surface area contributed by atoms with Crippen LogP contribution < -0.4 is 0 Å². The molecule has 0 aromatic carbocycles. The van der Waals surface area contributed by atoms with Crippen molar-refractivity contribution < 1.29 is 9.90 Å². The average molecular weight is 277 g/mol. The molecule has 0 spiro atoms. The molecule has 1 saturated heterocycles. The lowest BCUT2D eigenvalue weighted by Crippen LogP contribution is -2.60. The number of carboxylic acid groups (broad SMARTS) is 1. The highest BCUT2D eigenvalue weighted by atomic mass is 16.4. The smallest absolute Gasteiger partial charge is 0.320 e. The van der Waals surface area contributed by atoms with Gasteiger partial charge in [0.15, 0.2) is 0 Å². The topological polar surface area (TPSA) is 40.5 Å². The van der Waals surface area contributed by atoms with E-state index in [9.17, 15) is 9.90 Å². The number of aliphatic carboxylic acids is 1. The van der Waals surface area contributed by atoms with Crippen LogP contribution in [0.1, 0.15) is 64.2 Å². The lowest BCUT2D eigenvalue weighted by Gasteiger charge is -2.51. The maximum atomic E-state index is 11.8. The zero-order valence-corrected chi connectivity index (χ0v) is 12.3. The Labute approximate surface area is 121 Å². The molecular formula is C17H27NO2. The van der Waals surface area contributed by atoms with Crippen LogP contribution in [-0.2, 0) is 4.79 Å². The standard InChI is InChI=1S/C17H27NO2/c19-17(20)15-8-7-12-3-1-2-4-14(12)18(15)16-10-11-5-6-13(16)9-11/h11-16H,1-10H2,(H,19,20). The molecule has 0 amide bonds. The van der Waals surface area contributed by atoms with Crippen molar-refractivity contribution in [2.24, 2.45) is 17.8 Å². The number of hydrogen-bond acceptors (Lipinski definition) is 2. The minimum atomic E-state index is -0.559. The number of carboxylic acids is 1. The first-order valence-corrected chi connectivity index (χ1v) is 8.74. The van der Waals surface area contributed by atoms with Crippen molar-refractivity contribution >= 4 is 5.97 Å². The highest BCUT2D eigenvalue weighted by Crippen LogP contribution is 2.50. The molecule has 112 valence electrons. The second-order valence-electron chi connectivity index (χ2n) is 7.73. The molecular weight excluding hydrogens is 250 g/mol. The van der Waals surface area contributed by atoms with Crippen LogP contribution in [-0.4, -0.2) is 34.1 Å². The minimum Gasteiger partial charge on any atom is -0.480 e. The van der Waals surface area contributed by atoms with Gasteiger partial charge in [-0.05, 0) is 62.7 Å². The number of likely N-dealkylation sites (tertiary alicyclic amines) is 1. The number of nitrogens with zero attached hydrogens (tertiary/aromatic N) is 1. The molecule has 6 unspecified atom stereocenters. The summed E-state index contributed by atoms with van der Waals surface area (Å²) in [6.07, 6.45) is 12.7. The summed E-state index contributed by atoms with van der Waals surface area (Å²) in [5.41, 5.74) is 0. The van der Waals surface area contributed by atoms with Gasteiger partial charge in [-0.25, -0.2) is 0 Å². The second-order valence-corrected chi connectivity index (χ2v) is 7.73. The molecule has 20 heavy (non-hydrogen) atoms. The number of fused-ring (bicyclic) bond motifs is 3. The summed E-state index contributed by atoms with van der Waals surface area (Å²) in [6, 6.07) is 1.00. The van der Waals surface area contributed by atoms with E-state index in [1.165, 1.54) is 51.4 Å². The van der Waals surface area contributed by atoms with Crippen molar-refractivity contribution in [3.8, 4) is 0 Å². The van der Waals surface area contributed by atoms with E-state index >= 15 is 0 Å². The fourth-order valence-corrected chi connectivity index (χ4v) is 5.97. The van der Waals surface area contributed by atoms with Gasteiger partial charge in [0.1, 0.15) is 6.04 Å².